The van der Waals surface area contributed by atoms with Gasteiger partial charge in [0.2, 0.25) is 0 Å². The Morgan fingerprint density at radius 3 is 2.69 bits per heavy atom. The van der Waals surface area contributed by atoms with E-state index in [1.165, 1.54) is 15.6 Å². The highest BCUT2D eigenvalue weighted by Gasteiger charge is 2.07. The van der Waals surface area contributed by atoms with E-state index >= 15 is 0 Å². The van der Waals surface area contributed by atoms with Crippen molar-refractivity contribution in [1.29, 1.82) is 0 Å². The van der Waals surface area contributed by atoms with Crippen LogP contribution in [0.4, 0.5) is 0 Å². The van der Waals surface area contributed by atoms with Gasteiger partial charge in [-0.25, -0.2) is 0 Å². The molecule has 0 amide bonds. The molecule has 2 rings (SSSR count). The molecule has 0 spiro atoms. The molecule has 0 aliphatic carbocycles. The fourth-order valence-electron chi connectivity index (χ4n) is 1.57. The predicted octanol–water partition coefficient (Wildman–Crippen LogP) is 4.32. The maximum absolute atomic E-state index is 3.42. The molecule has 0 saturated heterocycles. The van der Waals surface area contributed by atoms with Crippen molar-refractivity contribution in [2.75, 3.05) is 0 Å². The van der Waals surface area contributed by atoms with E-state index in [-0.39, 0.29) is 0 Å². The highest BCUT2D eigenvalue weighted by molar-refractivity contribution is 7.17. The van der Waals surface area contributed by atoms with E-state index in [1.807, 2.05) is 11.3 Å². The van der Waals surface area contributed by atoms with Gasteiger partial charge in [-0.1, -0.05) is 37.8 Å². The lowest BCUT2D eigenvalue weighted by Gasteiger charge is -2.03. The average Bonchev–Trinajstić information content (AvgIpc) is 2.60. The third-order valence-corrected chi connectivity index (χ3v) is 4.24. The number of rotatable bonds is 1. The first kappa shape index (κ1) is 11.4. The van der Waals surface area contributed by atoms with Gasteiger partial charge in [-0.3, -0.25) is 0 Å². The van der Waals surface area contributed by atoms with Crippen molar-refractivity contribution in [3.63, 3.8) is 0 Å². The molecule has 0 N–H and O–H groups in total. The monoisotopic (exact) mass is 244 g/mol. The molecule has 0 nitrogen and oxygen atoms in total. The van der Waals surface area contributed by atoms with Crippen LogP contribution in [-0.4, -0.2) is 8.07 Å². The van der Waals surface area contributed by atoms with E-state index in [1.54, 1.807) is 0 Å². The highest BCUT2D eigenvalue weighted by Crippen LogP contribution is 2.25. The van der Waals surface area contributed by atoms with Gasteiger partial charge in [0.15, 0.2) is 0 Å². The summed E-state index contributed by atoms with van der Waals surface area (Å²) in [5.41, 5.74) is 4.80. The minimum atomic E-state index is -1.22. The maximum Gasteiger partial charge on any atom is 0.129 e. The molecule has 1 heterocycles. The summed E-state index contributed by atoms with van der Waals surface area (Å²) in [5, 5.41) is 3.61. The zero-order valence-corrected chi connectivity index (χ0v) is 11.8. The number of hydrogen-bond acceptors (Lipinski definition) is 1. The Bertz CT molecular complexity index is 549. The van der Waals surface area contributed by atoms with E-state index in [0.29, 0.717) is 0 Å². The Balaban J connectivity index is 2.25. The maximum atomic E-state index is 3.42. The molecule has 0 atom stereocenters. The van der Waals surface area contributed by atoms with Crippen LogP contribution in [0.2, 0.25) is 19.6 Å². The molecule has 1 aromatic carbocycles. The molecule has 16 heavy (non-hydrogen) atoms. The largest absolute Gasteiger partial charge is 0.143 e. The molecule has 0 aliphatic rings. The quantitative estimate of drug-likeness (QED) is 0.517. The molecule has 2 heteroatoms. The molecule has 82 valence electrons. The summed E-state index contributed by atoms with van der Waals surface area (Å²) in [6.45, 7) is 6.85. The average molecular weight is 244 g/mol. The standard InChI is InChI=1S/C14H16SSi/c1-16(2,3)10-6-7-12-11-15-14-9-5-4-8-13(12)14/h4-5,8-9,11H,7H2,1-3H3. The highest BCUT2D eigenvalue weighted by atomic mass is 32.1. The SMILES string of the molecule is C[Si](C)(C)C#CCc1csc2ccccc12. The molecule has 0 bridgehead atoms. The lowest BCUT2D eigenvalue weighted by molar-refractivity contribution is 1.38. The van der Waals surface area contributed by atoms with Gasteiger partial charge in [0.25, 0.3) is 0 Å². The molecule has 2 aromatic rings. The lowest BCUT2D eigenvalue weighted by Crippen LogP contribution is -2.16. The molecule has 0 saturated carbocycles. The third-order valence-electron chi connectivity index (χ3n) is 2.30. The van der Waals surface area contributed by atoms with Crippen molar-refractivity contribution in [3.05, 3.63) is 35.2 Å². The van der Waals surface area contributed by atoms with Gasteiger partial charge in [-0.2, -0.15) is 0 Å². The van der Waals surface area contributed by atoms with Crippen LogP contribution in [0.25, 0.3) is 10.1 Å². The summed E-state index contributed by atoms with van der Waals surface area (Å²) < 4.78 is 1.37. The Morgan fingerprint density at radius 2 is 1.94 bits per heavy atom. The zero-order chi connectivity index (χ0) is 11.6. The van der Waals surface area contributed by atoms with Crippen LogP contribution >= 0.6 is 11.3 Å². The topological polar surface area (TPSA) is 0 Å². The molecule has 0 unspecified atom stereocenters. The first-order valence-corrected chi connectivity index (χ1v) is 9.89. The second-order valence-electron chi connectivity index (χ2n) is 4.99. The first-order valence-electron chi connectivity index (χ1n) is 5.51. The minimum Gasteiger partial charge on any atom is -0.143 e. The van der Waals surface area contributed by atoms with Crippen LogP contribution in [0.15, 0.2) is 29.6 Å². The van der Waals surface area contributed by atoms with E-state index in [2.05, 4.69) is 60.8 Å². The van der Waals surface area contributed by atoms with Crippen molar-refractivity contribution < 1.29 is 0 Å². The van der Waals surface area contributed by atoms with E-state index in [4.69, 9.17) is 0 Å². The fourth-order valence-corrected chi connectivity index (χ4v) is 3.16. The zero-order valence-electron chi connectivity index (χ0n) is 10.0. The van der Waals surface area contributed by atoms with Crippen molar-refractivity contribution in [3.8, 4) is 11.5 Å². The molecule has 0 fully saturated rings. The molecule has 0 radical (unpaired) electrons. The van der Waals surface area contributed by atoms with Crippen molar-refractivity contribution in [1.82, 2.24) is 0 Å². The number of thiophene rings is 1. The van der Waals surface area contributed by atoms with Gasteiger partial charge >= 0.3 is 0 Å². The smallest absolute Gasteiger partial charge is 0.129 e. The van der Waals surface area contributed by atoms with Gasteiger partial charge < -0.3 is 0 Å². The Labute approximate surface area is 102 Å². The second kappa shape index (κ2) is 4.45. The molecule has 1 aromatic heterocycles. The summed E-state index contributed by atoms with van der Waals surface area (Å²) >= 11 is 1.82. The number of hydrogen-bond donors (Lipinski definition) is 0. The summed E-state index contributed by atoms with van der Waals surface area (Å²) in [5.74, 6) is 3.34. The summed E-state index contributed by atoms with van der Waals surface area (Å²) in [6.07, 6.45) is 0.897. The molecule has 0 aliphatic heterocycles. The van der Waals surface area contributed by atoms with Gasteiger partial charge in [0.1, 0.15) is 8.07 Å². The third kappa shape index (κ3) is 2.75. The Morgan fingerprint density at radius 1 is 1.19 bits per heavy atom. The lowest BCUT2D eigenvalue weighted by atomic mass is 10.1. The minimum absolute atomic E-state index is 0.897. The van der Waals surface area contributed by atoms with Gasteiger partial charge in [0, 0.05) is 11.1 Å². The molecular formula is C14H16SSi. The van der Waals surface area contributed by atoms with E-state index < -0.39 is 8.07 Å². The van der Waals surface area contributed by atoms with E-state index in [9.17, 15) is 0 Å². The van der Waals surface area contributed by atoms with E-state index in [0.717, 1.165) is 6.42 Å². The van der Waals surface area contributed by atoms with Crippen LogP contribution in [0.1, 0.15) is 5.56 Å². The fraction of sp³-hybridized carbons (Fsp3) is 0.286. The number of benzene rings is 1. The predicted molar refractivity (Wildman–Crippen MR) is 76.7 cm³/mol. The van der Waals surface area contributed by atoms with Crippen LogP contribution < -0.4 is 0 Å². The van der Waals surface area contributed by atoms with Crippen molar-refractivity contribution in [2.45, 2.75) is 26.1 Å². The van der Waals surface area contributed by atoms with Crippen LogP contribution in [-0.2, 0) is 6.42 Å². The summed E-state index contributed by atoms with van der Waals surface area (Å²) in [4.78, 5) is 0. The van der Waals surface area contributed by atoms with Gasteiger partial charge in [-0.05, 0) is 22.4 Å². The summed E-state index contributed by atoms with van der Waals surface area (Å²) in [7, 11) is -1.22. The number of fused-ring (bicyclic) bond motifs is 1. The molecular weight excluding hydrogens is 228 g/mol. The second-order valence-corrected chi connectivity index (χ2v) is 10.6. The van der Waals surface area contributed by atoms with Crippen LogP contribution in [0, 0.1) is 11.5 Å². The van der Waals surface area contributed by atoms with Crippen molar-refractivity contribution in [2.24, 2.45) is 0 Å². The normalized spacial score (nSPS) is 11.2. The van der Waals surface area contributed by atoms with Gasteiger partial charge in [-0.15, -0.1) is 22.8 Å². The van der Waals surface area contributed by atoms with Gasteiger partial charge in [0.05, 0.1) is 0 Å². The van der Waals surface area contributed by atoms with Crippen LogP contribution in [0.5, 0.6) is 0 Å². The Kier molecular flexibility index (Phi) is 3.18. The summed E-state index contributed by atoms with van der Waals surface area (Å²) in [6, 6.07) is 8.56. The van der Waals surface area contributed by atoms with Crippen LogP contribution in [0.3, 0.4) is 0 Å². The Hall–Kier alpha value is -1.04. The first-order chi connectivity index (χ1) is 7.56. The van der Waals surface area contributed by atoms with Crippen molar-refractivity contribution >= 4 is 29.5 Å².